The van der Waals surface area contributed by atoms with Crippen LogP contribution < -0.4 is 10.6 Å². The van der Waals surface area contributed by atoms with Crippen molar-refractivity contribution in [1.29, 1.82) is 0 Å². The van der Waals surface area contributed by atoms with Crippen molar-refractivity contribution in [3.63, 3.8) is 0 Å². The van der Waals surface area contributed by atoms with Gasteiger partial charge in [0.05, 0.1) is 0 Å². The van der Waals surface area contributed by atoms with Crippen LogP contribution in [0.2, 0.25) is 0 Å². The molecule has 2 N–H and O–H groups in total. The van der Waals surface area contributed by atoms with Gasteiger partial charge in [-0.1, -0.05) is 12.8 Å². The van der Waals surface area contributed by atoms with Crippen molar-refractivity contribution in [1.82, 2.24) is 10.6 Å². The standard InChI is InChI=1S/C12H24N2S/c1-15-12(6-2-3-7-12)10-13-9-11-5-4-8-14-11/h11,13-14H,2-10H2,1H3. The molecule has 0 aromatic rings. The number of nitrogens with one attached hydrogen (secondary N) is 2. The fourth-order valence-electron chi connectivity index (χ4n) is 2.88. The summed E-state index contributed by atoms with van der Waals surface area (Å²) in [5, 5.41) is 7.22. The summed E-state index contributed by atoms with van der Waals surface area (Å²) in [6.07, 6.45) is 10.7. The van der Waals surface area contributed by atoms with Crippen molar-refractivity contribution in [3.8, 4) is 0 Å². The van der Waals surface area contributed by atoms with Gasteiger partial charge in [-0.15, -0.1) is 0 Å². The van der Waals surface area contributed by atoms with E-state index in [-0.39, 0.29) is 0 Å². The Hall–Kier alpha value is 0.270. The van der Waals surface area contributed by atoms with Crippen LogP contribution in [0.3, 0.4) is 0 Å². The average Bonchev–Trinajstić information content (AvgIpc) is 2.89. The van der Waals surface area contributed by atoms with Crippen molar-refractivity contribution in [2.24, 2.45) is 0 Å². The second-order valence-corrected chi connectivity index (χ2v) is 6.29. The minimum absolute atomic E-state index is 0.568. The third-order valence-corrected chi connectivity index (χ3v) is 5.37. The van der Waals surface area contributed by atoms with E-state index in [0.717, 1.165) is 6.04 Å². The van der Waals surface area contributed by atoms with Crippen LogP contribution >= 0.6 is 11.8 Å². The highest BCUT2D eigenvalue weighted by Gasteiger charge is 2.32. The Labute approximate surface area is 98.0 Å². The monoisotopic (exact) mass is 228 g/mol. The van der Waals surface area contributed by atoms with Crippen molar-refractivity contribution < 1.29 is 0 Å². The van der Waals surface area contributed by atoms with Crippen molar-refractivity contribution in [2.75, 3.05) is 25.9 Å². The van der Waals surface area contributed by atoms with E-state index in [1.54, 1.807) is 0 Å². The lowest BCUT2D eigenvalue weighted by Gasteiger charge is -2.27. The lowest BCUT2D eigenvalue weighted by molar-refractivity contribution is 0.485. The fraction of sp³-hybridized carbons (Fsp3) is 1.00. The summed E-state index contributed by atoms with van der Waals surface area (Å²) in [7, 11) is 0. The molecule has 1 aliphatic carbocycles. The van der Waals surface area contributed by atoms with Crippen LogP contribution in [0.1, 0.15) is 38.5 Å². The first kappa shape index (κ1) is 11.7. The summed E-state index contributed by atoms with van der Waals surface area (Å²) in [4.78, 5) is 0. The molecule has 0 aromatic heterocycles. The minimum atomic E-state index is 0.568. The van der Waals surface area contributed by atoms with Crippen molar-refractivity contribution in [3.05, 3.63) is 0 Å². The summed E-state index contributed by atoms with van der Waals surface area (Å²) in [6, 6.07) is 0.741. The maximum atomic E-state index is 3.68. The van der Waals surface area contributed by atoms with Crippen molar-refractivity contribution in [2.45, 2.75) is 49.3 Å². The molecular formula is C12H24N2S. The lowest BCUT2D eigenvalue weighted by atomic mass is 10.1. The first-order valence-corrected chi connectivity index (χ1v) is 7.56. The van der Waals surface area contributed by atoms with E-state index in [1.807, 2.05) is 0 Å². The summed E-state index contributed by atoms with van der Waals surface area (Å²) in [5.74, 6) is 0. The van der Waals surface area contributed by atoms with Gasteiger partial charge in [-0.25, -0.2) is 0 Å². The number of hydrogen-bond acceptors (Lipinski definition) is 3. The van der Waals surface area contributed by atoms with Gasteiger partial charge in [0.25, 0.3) is 0 Å². The average molecular weight is 228 g/mol. The van der Waals surface area contributed by atoms with Crippen LogP contribution in [0.15, 0.2) is 0 Å². The smallest absolute Gasteiger partial charge is 0.0281 e. The molecule has 2 aliphatic rings. The molecule has 2 nitrogen and oxygen atoms in total. The largest absolute Gasteiger partial charge is 0.314 e. The summed E-state index contributed by atoms with van der Waals surface area (Å²) in [6.45, 7) is 3.61. The van der Waals surface area contributed by atoms with Crippen LogP contribution in [0.25, 0.3) is 0 Å². The quantitative estimate of drug-likeness (QED) is 0.753. The SMILES string of the molecule is CSC1(CNCC2CCCN2)CCCC1. The first-order chi connectivity index (χ1) is 7.35. The predicted octanol–water partition coefficient (Wildman–Crippen LogP) is 2.00. The maximum absolute atomic E-state index is 3.68. The Morgan fingerprint density at radius 2 is 2.13 bits per heavy atom. The van der Waals surface area contributed by atoms with Gasteiger partial charge in [0.2, 0.25) is 0 Å². The first-order valence-electron chi connectivity index (χ1n) is 6.34. The molecule has 0 radical (unpaired) electrons. The Balaban J connectivity index is 1.67. The molecule has 15 heavy (non-hydrogen) atoms. The Bertz CT molecular complexity index is 184. The zero-order valence-electron chi connectivity index (χ0n) is 9.85. The maximum Gasteiger partial charge on any atom is 0.0281 e. The molecule has 1 atom stereocenters. The summed E-state index contributed by atoms with van der Waals surface area (Å²) < 4.78 is 0.568. The van der Waals surface area contributed by atoms with Gasteiger partial charge in [0, 0.05) is 23.9 Å². The highest BCUT2D eigenvalue weighted by atomic mass is 32.2. The van der Waals surface area contributed by atoms with Gasteiger partial charge >= 0.3 is 0 Å². The van der Waals surface area contributed by atoms with Gasteiger partial charge < -0.3 is 10.6 Å². The Morgan fingerprint density at radius 1 is 1.33 bits per heavy atom. The fourth-order valence-corrected chi connectivity index (χ4v) is 3.82. The van der Waals surface area contributed by atoms with E-state index in [1.165, 1.54) is 58.2 Å². The second kappa shape index (κ2) is 5.55. The number of hydrogen-bond donors (Lipinski definition) is 2. The molecule has 2 fully saturated rings. The molecule has 3 heteroatoms. The highest BCUT2D eigenvalue weighted by Crippen LogP contribution is 2.39. The van der Waals surface area contributed by atoms with E-state index in [2.05, 4.69) is 28.7 Å². The Kier molecular flexibility index (Phi) is 4.35. The third kappa shape index (κ3) is 3.11. The summed E-state index contributed by atoms with van der Waals surface area (Å²) in [5.41, 5.74) is 0. The van der Waals surface area contributed by atoms with Gasteiger partial charge in [-0.2, -0.15) is 11.8 Å². The molecule has 0 amide bonds. The van der Waals surface area contributed by atoms with Gasteiger partial charge in [0.15, 0.2) is 0 Å². The van der Waals surface area contributed by atoms with E-state index >= 15 is 0 Å². The second-order valence-electron chi connectivity index (χ2n) is 5.02. The van der Waals surface area contributed by atoms with Crippen LogP contribution in [0.4, 0.5) is 0 Å². The van der Waals surface area contributed by atoms with E-state index < -0.39 is 0 Å². The van der Waals surface area contributed by atoms with Crippen LogP contribution in [-0.2, 0) is 0 Å². The third-order valence-electron chi connectivity index (χ3n) is 3.95. The van der Waals surface area contributed by atoms with Gasteiger partial charge in [-0.3, -0.25) is 0 Å². The lowest BCUT2D eigenvalue weighted by Crippen LogP contribution is -2.41. The van der Waals surface area contributed by atoms with Crippen molar-refractivity contribution >= 4 is 11.8 Å². The molecule has 1 saturated heterocycles. The molecule has 2 rings (SSSR count). The minimum Gasteiger partial charge on any atom is -0.314 e. The molecule has 88 valence electrons. The van der Waals surface area contributed by atoms with E-state index in [4.69, 9.17) is 0 Å². The van der Waals surface area contributed by atoms with E-state index in [9.17, 15) is 0 Å². The van der Waals surface area contributed by atoms with Gasteiger partial charge in [0.1, 0.15) is 0 Å². The molecule has 1 saturated carbocycles. The zero-order chi connectivity index (χ0) is 10.6. The molecular weight excluding hydrogens is 204 g/mol. The number of rotatable bonds is 5. The van der Waals surface area contributed by atoms with Crippen LogP contribution in [-0.4, -0.2) is 36.7 Å². The topological polar surface area (TPSA) is 24.1 Å². The van der Waals surface area contributed by atoms with Gasteiger partial charge in [-0.05, 0) is 38.5 Å². The molecule has 1 unspecified atom stereocenters. The molecule has 1 aliphatic heterocycles. The van der Waals surface area contributed by atoms with Crippen LogP contribution in [0.5, 0.6) is 0 Å². The number of thioether (sulfide) groups is 1. The van der Waals surface area contributed by atoms with Crippen LogP contribution in [0, 0.1) is 0 Å². The molecule has 0 aromatic carbocycles. The molecule has 0 spiro atoms. The highest BCUT2D eigenvalue weighted by molar-refractivity contribution is 8.00. The molecule has 1 heterocycles. The van der Waals surface area contributed by atoms with E-state index in [0.29, 0.717) is 4.75 Å². The zero-order valence-corrected chi connectivity index (χ0v) is 10.7. The predicted molar refractivity (Wildman–Crippen MR) is 68.6 cm³/mol. The molecule has 0 bridgehead atoms. The summed E-state index contributed by atoms with van der Waals surface area (Å²) >= 11 is 2.08. The Morgan fingerprint density at radius 3 is 2.73 bits per heavy atom. The normalized spacial score (nSPS) is 29.8.